The van der Waals surface area contributed by atoms with Gasteiger partial charge in [0, 0.05) is 31.5 Å². The van der Waals surface area contributed by atoms with E-state index in [0.29, 0.717) is 17.7 Å². The van der Waals surface area contributed by atoms with Crippen LogP contribution in [0.5, 0.6) is 0 Å². The van der Waals surface area contributed by atoms with Crippen LogP contribution in [0, 0.1) is 11.8 Å². The first kappa shape index (κ1) is 14.7. The number of hydrogen-bond acceptors (Lipinski definition) is 2. The van der Waals surface area contributed by atoms with Gasteiger partial charge in [0.2, 0.25) is 11.8 Å². The van der Waals surface area contributed by atoms with E-state index in [-0.39, 0.29) is 12.0 Å². The molecule has 1 saturated carbocycles. The molecule has 1 aromatic carbocycles. The quantitative estimate of drug-likeness (QED) is 0.861. The van der Waals surface area contributed by atoms with Gasteiger partial charge < -0.3 is 9.80 Å². The van der Waals surface area contributed by atoms with Crippen LogP contribution in [0.25, 0.3) is 0 Å². The maximum Gasteiger partial charge on any atom is 0.226 e. The van der Waals surface area contributed by atoms with Crippen molar-refractivity contribution in [3.63, 3.8) is 0 Å². The molecule has 2 saturated heterocycles. The lowest BCUT2D eigenvalue weighted by molar-refractivity contribution is -0.147. The molecule has 0 N–H and O–H groups in total. The van der Waals surface area contributed by atoms with Gasteiger partial charge in [-0.2, -0.15) is 0 Å². The van der Waals surface area contributed by atoms with Crippen molar-refractivity contribution in [2.24, 2.45) is 11.8 Å². The van der Waals surface area contributed by atoms with Gasteiger partial charge in [-0.15, -0.1) is 0 Å². The molecule has 3 aliphatic rings. The van der Waals surface area contributed by atoms with Gasteiger partial charge in [0.05, 0.1) is 6.04 Å². The molecule has 0 radical (unpaired) electrons. The monoisotopic (exact) mass is 312 g/mol. The molecule has 122 valence electrons. The van der Waals surface area contributed by atoms with Crippen molar-refractivity contribution in [1.82, 2.24) is 9.80 Å². The van der Waals surface area contributed by atoms with E-state index < -0.39 is 0 Å². The topological polar surface area (TPSA) is 40.6 Å². The van der Waals surface area contributed by atoms with Crippen LogP contribution in [0.2, 0.25) is 0 Å². The predicted molar refractivity (Wildman–Crippen MR) is 87.5 cm³/mol. The van der Waals surface area contributed by atoms with Gasteiger partial charge >= 0.3 is 0 Å². The van der Waals surface area contributed by atoms with Crippen LogP contribution in [-0.2, 0) is 9.59 Å². The van der Waals surface area contributed by atoms with E-state index >= 15 is 0 Å². The molecule has 0 spiro atoms. The van der Waals surface area contributed by atoms with Crippen LogP contribution in [0.15, 0.2) is 30.3 Å². The Kier molecular flexibility index (Phi) is 3.83. The second-order valence-electron chi connectivity index (χ2n) is 7.12. The van der Waals surface area contributed by atoms with Crippen molar-refractivity contribution in [3.8, 4) is 0 Å². The lowest BCUT2D eigenvalue weighted by Crippen LogP contribution is -2.50. The third kappa shape index (κ3) is 2.87. The number of nitrogens with zero attached hydrogens (tertiary/aromatic N) is 2. The summed E-state index contributed by atoms with van der Waals surface area (Å²) in [5.74, 6) is 1.01. The Hall–Kier alpha value is -1.84. The molecule has 1 aromatic rings. The molecule has 1 aliphatic carbocycles. The Bertz CT molecular complexity index is 589. The summed E-state index contributed by atoms with van der Waals surface area (Å²) in [6.07, 6.45) is 4.84. The third-order valence-electron chi connectivity index (χ3n) is 5.57. The first-order valence-electron chi connectivity index (χ1n) is 8.88. The Morgan fingerprint density at radius 1 is 0.783 bits per heavy atom. The van der Waals surface area contributed by atoms with Crippen LogP contribution >= 0.6 is 0 Å². The molecule has 1 atom stereocenters. The van der Waals surface area contributed by atoms with Crippen molar-refractivity contribution < 1.29 is 9.59 Å². The minimum atomic E-state index is 0.102. The summed E-state index contributed by atoms with van der Waals surface area (Å²) in [7, 11) is 0. The SMILES string of the molecule is O=C(C1CC1)N1CCC(C(=O)N2CC[C@@H]2c2ccccc2)CC1. The lowest BCUT2D eigenvalue weighted by atomic mass is 9.89. The van der Waals surface area contributed by atoms with E-state index in [1.165, 1.54) is 5.56 Å². The summed E-state index contributed by atoms with van der Waals surface area (Å²) in [5.41, 5.74) is 1.24. The van der Waals surface area contributed by atoms with Crippen molar-refractivity contribution in [3.05, 3.63) is 35.9 Å². The normalized spacial score (nSPS) is 25.1. The Labute approximate surface area is 137 Å². The van der Waals surface area contributed by atoms with Gasteiger partial charge in [-0.1, -0.05) is 30.3 Å². The fourth-order valence-corrected chi connectivity index (χ4v) is 3.84. The van der Waals surface area contributed by atoms with Crippen molar-refractivity contribution in [2.75, 3.05) is 19.6 Å². The largest absolute Gasteiger partial charge is 0.342 e. The molecular weight excluding hydrogens is 288 g/mol. The Balaban J connectivity index is 1.34. The zero-order valence-corrected chi connectivity index (χ0v) is 13.5. The molecule has 4 nitrogen and oxygen atoms in total. The molecule has 0 unspecified atom stereocenters. The average Bonchev–Trinajstić information content (AvgIpc) is 3.39. The summed E-state index contributed by atoms with van der Waals surface area (Å²) in [6, 6.07) is 10.6. The van der Waals surface area contributed by atoms with Gasteiger partial charge in [-0.3, -0.25) is 9.59 Å². The predicted octanol–water partition coefficient (Wildman–Crippen LogP) is 2.61. The zero-order chi connectivity index (χ0) is 15.8. The van der Waals surface area contributed by atoms with E-state index in [1.807, 2.05) is 28.0 Å². The second kappa shape index (κ2) is 5.99. The summed E-state index contributed by atoms with van der Waals surface area (Å²) in [4.78, 5) is 28.9. The van der Waals surface area contributed by atoms with Gasteiger partial charge in [0.1, 0.15) is 0 Å². The zero-order valence-electron chi connectivity index (χ0n) is 13.5. The number of carbonyl (C=O) groups is 2. The highest BCUT2D eigenvalue weighted by atomic mass is 16.2. The van der Waals surface area contributed by atoms with Crippen LogP contribution in [0.1, 0.15) is 43.7 Å². The highest BCUT2D eigenvalue weighted by Gasteiger charge is 2.40. The lowest BCUT2D eigenvalue weighted by Gasteiger charge is -2.44. The van der Waals surface area contributed by atoms with Crippen LogP contribution < -0.4 is 0 Å². The van der Waals surface area contributed by atoms with Crippen LogP contribution in [0.4, 0.5) is 0 Å². The number of benzene rings is 1. The fourth-order valence-electron chi connectivity index (χ4n) is 3.84. The van der Waals surface area contributed by atoms with E-state index in [2.05, 4.69) is 12.1 Å². The average molecular weight is 312 g/mol. The number of rotatable bonds is 3. The number of piperidine rings is 1. The van der Waals surface area contributed by atoms with Gasteiger partial charge in [-0.05, 0) is 37.7 Å². The fraction of sp³-hybridized carbons (Fsp3) is 0.579. The van der Waals surface area contributed by atoms with Crippen LogP contribution in [-0.4, -0.2) is 41.2 Å². The number of carbonyl (C=O) groups excluding carboxylic acids is 2. The summed E-state index contributed by atoms with van der Waals surface area (Å²) in [5, 5.41) is 0. The van der Waals surface area contributed by atoms with E-state index in [9.17, 15) is 9.59 Å². The molecule has 3 fully saturated rings. The minimum Gasteiger partial charge on any atom is -0.342 e. The van der Waals surface area contributed by atoms with Crippen molar-refractivity contribution in [2.45, 2.75) is 38.1 Å². The molecule has 2 amide bonds. The molecule has 4 heteroatoms. The van der Waals surface area contributed by atoms with Crippen molar-refractivity contribution in [1.29, 1.82) is 0 Å². The smallest absolute Gasteiger partial charge is 0.226 e. The standard InChI is InChI=1S/C19H24N2O2/c22-18(15-6-7-15)20-11-8-16(9-12-20)19(23)21-13-10-17(21)14-4-2-1-3-5-14/h1-5,15-17H,6-13H2/t17-/m1/s1. The molecule has 4 rings (SSSR count). The number of likely N-dealkylation sites (tertiary alicyclic amines) is 2. The maximum absolute atomic E-state index is 12.8. The minimum absolute atomic E-state index is 0.102. The molecule has 2 aliphatic heterocycles. The molecule has 0 bridgehead atoms. The van der Waals surface area contributed by atoms with E-state index in [0.717, 1.165) is 51.7 Å². The first-order chi connectivity index (χ1) is 11.2. The Morgan fingerprint density at radius 3 is 2.00 bits per heavy atom. The summed E-state index contributed by atoms with van der Waals surface area (Å²) < 4.78 is 0. The second-order valence-corrected chi connectivity index (χ2v) is 7.12. The van der Waals surface area contributed by atoms with Crippen molar-refractivity contribution >= 4 is 11.8 Å². The maximum atomic E-state index is 12.8. The molecule has 0 aromatic heterocycles. The highest BCUT2D eigenvalue weighted by Crippen LogP contribution is 2.37. The molecule has 23 heavy (non-hydrogen) atoms. The number of hydrogen-bond donors (Lipinski definition) is 0. The third-order valence-corrected chi connectivity index (χ3v) is 5.57. The van der Waals surface area contributed by atoms with E-state index in [4.69, 9.17) is 0 Å². The van der Waals surface area contributed by atoms with E-state index in [1.54, 1.807) is 0 Å². The van der Waals surface area contributed by atoms with Gasteiger partial charge in [0.15, 0.2) is 0 Å². The summed E-state index contributed by atoms with van der Waals surface area (Å²) >= 11 is 0. The summed E-state index contributed by atoms with van der Waals surface area (Å²) in [6.45, 7) is 2.39. The van der Waals surface area contributed by atoms with Crippen LogP contribution in [0.3, 0.4) is 0 Å². The van der Waals surface area contributed by atoms with Gasteiger partial charge in [-0.25, -0.2) is 0 Å². The first-order valence-corrected chi connectivity index (χ1v) is 8.88. The molecule has 2 heterocycles. The Morgan fingerprint density at radius 2 is 1.43 bits per heavy atom. The number of amides is 2. The van der Waals surface area contributed by atoms with Gasteiger partial charge in [0.25, 0.3) is 0 Å². The molecular formula is C19H24N2O2. The highest BCUT2D eigenvalue weighted by molar-refractivity contribution is 5.83.